The molecule has 1 aliphatic carbocycles. The Morgan fingerprint density at radius 1 is 1.11 bits per heavy atom. The predicted molar refractivity (Wildman–Crippen MR) is 79.6 cm³/mol. The lowest BCUT2D eigenvalue weighted by Crippen LogP contribution is -2.46. The summed E-state index contributed by atoms with van der Waals surface area (Å²) in [6.45, 7) is 0.883. The summed E-state index contributed by atoms with van der Waals surface area (Å²) in [5, 5.41) is 0. The Kier molecular flexibility index (Phi) is 4.73. The van der Waals surface area contributed by atoms with E-state index in [0.29, 0.717) is 18.2 Å². The minimum atomic E-state index is 0.144. The second-order valence-corrected chi connectivity index (χ2v) is 7.67. The fourth-order valence-electron chi connectivity index (χ4n) is 3.77. The topological polar surface area (TPSA) is 44.5 Å². The molecule has 4 heteroatoms. The van der Waals surface area contributed by atoms with Gasteiger partial charge in [0.05, 0.1) is 17.8 Å². The van der Waals surface area contributed by atoms with Gasteiger partial charge in [-0.15, -0.1) is 0 Å². The van der Waals surface area contributed by atoms with Gasteiger partial charge in [-0.3, -0.25) is 0 Å². The van der Waals surface area contributed by atoms with Crippen LogP contribution >= 0.6 is 11.8 Å². The van der Waals surface area contributed by atoms with Crippen LogP contribution < -0.4 is 5.73 Å². The number of rotatable bonds is 2. The largest absolute Gasteiger partial charge is 0.375 e. The Balaban J connectivity index is 1.53. The van der Waals surface area contributed by atoms with E-state index in [1.807, 2.05) is 0 Å². The molecule has 2 aliphatic heterocycles. The molecule has 3 aliphatic rings. The van der Waals surface area contributed by atoms with Gasteiger partial charge in [0.2, 0.25) is 0 Å². The van der Waals surface area contributed by atoms with E-state index in [-0.39, 0.29) is 5.60 Å². The van der Waals surface area contributed by atoms with Crippen molar-refractivity contribution in [1.82, 2.24) is 0 Å². The molecule has 0 aromatic rings. The van der Waals surface area contributed by atoms with Gasteiger partial charge in [0.25, 0.3) is 0 Å². The average molecular weight is 285 g/mol. The fourth-order valence-corrected chi connectivity index (χ4v) is 5.00. The molecule has 110 valence electrons. The molecule has 19 heavy (non-hydrogen) atoms. The molecule has 3 unspecified atom stereocenters. The Morgan fingerprint density at radius 2 is 1.95 bits per heavy atom. The van der Waals surface area contributed by atoms with Crippen molar-refractivity contribution in [2.45, 2.75) is 75.2 Å². The highest BCUT2D eigenvalue weighted by Gasteiger charge is 2.40. The summed E-state index contributed by atoms with van der Waals surface area (Å²) >= 11 is 2.06. The third-order valence-electron chi connectivity index (χ3n) is 4.90. The molecular formula is C15H27NO2S. The van der Waals surface area contributed by atoms with Gasteiger partial charge >= 0.3 is 0 Å². The van der Waals surface area contributed by atoms with E-state index in [0.717, 1.165) is 25.9 Å². The van der Waals surface area contributed by atoms with Gasteiger partial charge in [-0.05, 0) is 56.5 Å². The number of hydrogen-bond donors (Lipinski definition) is 1. The van der Waals surface area contributed by atoms with E-state index in [2.05, 4.69) is 11.8 Å². The first-order chi connectivity index (χ1) is 9.26. The quantitative estimate of drug-likeness (QED) is 0.847. The van der Waals surface area contributed by atoms with Crippen LogP contribution in [-0.2, 0) is 9.47 Å². The van der Waals surface area contributed by atoms with Crippen LogP contribution in [0.1, 0.15) is 51.4 Å². The molecule has 3 atom stereocenters. The van der Waals surface area contributed by atoms with Gasteiger partial charge in [0, 0.05) is 19.1 Å². The van der Waals surface area contributed by atoms with Crippen LogP contribution in [0, 0.1) is 0 Å². The molecule has 0 amide bonds. The van der Waals surface area contributed by atoms with Crippen molar-refractivity contribution >= 4 is 11.8 Å². The maximum absolute atomic E-state index is 6.36. The fraction of sp³-hybridized carbons (Fsp3) is 1.00. The third-order valence-corrected chi connectivity index (χ3v) is 5.89. The summed E-state index contributed by atoms with van der Waals surface area (Å²) in [6, 6.07) is 0.360. The van der Waals surface area contributed by atoms with Crippen LogP contribution in [-0.4, -0.2) is 42.0 Å². The number of ether oxygens (including phenoxy) is 2. The highest BCUT2D eigenvalue weighted by Crippen LogP contribution is 2.39. The monoisotopic (exact) mass is 285 g/mol. The van der Waals surface area contributed by atoms with Crippen molar-refractivity contribution < 1.29 is 9.47 Å². The Labute approximate surface area is 121 Å². The second kappa shape index (κ2) is 6.33. The lowest BCUT2D eigenvalue weighted by atomic mass is 9.86. The van der Waals surface area contributed by atoms with Crippen LogP contribution in [0.15, 0.2) is 0 Å². The summed E-state index contributed by atoms with van der Waals surface area (Å²) < 4.78 is 12.5. The molecule has 3 fully saturated rings. The maximum atomic E-state index is 6.36. The highest BCUT2D eigenvalue weighted by molar-refractivity contribution is 7.99. The molecule has 0 bridgehead atoms. The third kappa shape index (κ3) is 3.66. The molecular weight excluding hydrogens is 258 g/mol. The molecule has 2 saturated heterocycles. The van der Waals surface area contributed by atoms with Gasteiger partial charge in [-0.25, -0.2) is 0 Å². The van der Waals surface area contributed by atoms with Crippen LogP contribution in [0.2, 0.25) is 0 Å². The average Bonchev–Trinajstić information content (AvgIpc) is 2.40. The van der Waals surface area contributed by atoms with E-state index in [1.165, 1.54) is 43.6 Å². The van der Waals surface area contributed by atoms with Crippen molar-refractivity contribution in [3.8, 4) is 0 Å². The minimum Gasteiger partial charge on any atom is -0.375 e. The molecule has 2 N–H and O–H groups in total. The minimum absolute atomic E-state index is 0.144. The first kappa shape index (κ1) is 14.2. The van der Waals surface area contributed by atoms with Crippen molar-refractivity contribution in [1.29, 1.82) is 0 Å². The normalized spacial score (nSPS) is 39.3. The van der Waals surface area contributed by atoms with Crippen LogP contribution in [0.3, 0.4) is 0 Å². The predicted octanol–water partition coefficient (Wildman–Crippen LogP) is 2.72. The smallest absolute Gasteiger partial charge is 0.0723 e. The zero-order chi connectivity index (χ0) is 13.1. The first-order valence-corrected chi connectivity index (χ1v) is 9.04. The van der Waals surface area contributed by atoms with Crippen molar-refractivity contribution in [3.63, 3.8) is 0 Å². The Bertz CT molecular complexity index is 288. The summed E-state index contributed by atoms with van der Waals surface area (Å²) in [7, 11) is 0. The summed E-state index contributed by atoms with van der Waals surface area (Å²) in [4.78, 5) is 0. The Morgan fingerprint density at radius 3 is 2.74 bits per heavy atom. The van der Waals surface area contributed by atoms with E-state index >= 15 is 0 Å². The molecule has 0 aromatic carbocycles. The van der Waals surface area contributed by atoms with Crippen LogP contribution in [0.5, 0.6) is 0 Å². The molecule has 1 spiro atoms. The number of thioether (sulfide) groups is 1. The van der Waals surface area contributed by atoms with Crippen molar-refractivity contribution in [2.75, 3.05) is 18.1 Å². The SMILES string of the molecule is NC1CCCC(OC2CCOC3(CCSCC3)C2)C1. The van der Waals surface area contributed by atoms with E-state index in [4.69, 9.17) is 15.2 Å². The lowest BCUT2D eigenvalue weighted by molar-refractivity contribution is -0.154. The molecule has 3 rings (SSSR count). The van der Waals surface area contributed by atoms with E-state index < -0.39 is 0 Å². The second-order valence-electron chi connectivity index (χ2n) is 6.44. The molecule has 1 saturated carbocycles. The number of hydrogen-bond acceptors (Lipinski definition) is 4. The van der Waals surface area contributed by atoms with E-state index in [9.17, 15) is 0 Å². The van der Waals surface area contributed by atoms with Crippen molar-refractivity contribution in [3.05, 3.63) is 0 Å². The number of nitrogens with two attached hydrogens (primary N) is 1. The van der Waals surface area contributed by atoms with Crippen LogP contribution in [0.25, 0.3) is 0 Å². The zero-order valence-corrected chi connectivity index (χ0v) is 12.6. The summed E-state index contributed by atoms with van der Waals surface area (Å²) in [5.74, 6) is 2.50. The van der Waals surface area contributed by atoms with Crippen molar-refractivity contribution in [2.24, 2.45) is 5.73 Å². The summed E-state index contributed by atoms with van der Waals surface area (Å²) in [6.07, 6.45) is 10.1. The van der Waals surface area contributed by atoms with Gasteiger partial charge in [0.15, 0.2) is 0 Å². The zero-order valence-electron chi connectivity index (χ0n) is 11.8. The molecule has 0 radical (unpaired) electrons. The van der Waals surface area contributed by atoms with Crippen LogP contribution in [0.4, 0.5) is 0 Å². The van der Waals surface area contributed by atoms with E-state index in [1.54, 1.807) is 0 Å². The Hall–Kier alpha value is 0.230. The first-order valence-electron chi connectivity index (χ1n) is 7.89. The lowest BCUT2D eigenvalue weighted by Gasteiger charge is -2.44. The maximum Gasteiger partial charge on any atom is 0.0723 e. The van der Waals surface area contributed by atoms with Gasteiger partial charge < -0.3 is 15.2 Å². The molecule has 3 nitrogen and oxygen atoms in total. The highest BCUT2D eigenvalue weighted by atomic mass is 32.2. The van der Waals surface area contributed by atoms with Gasteiger partial charge in [-0.1, -0.05) is 0 Å². The molecule has 2 heterocycles. The standard InChI is InChI=1S/C15H27NO2S/c16-12-2-1-3-13(10-12)18-14-4-7-17-15(11-14)5-8-19-9-6-15/h12-14H,1-11,16H2. The molecule has 0 aromatic heterocycles. The van der Waals surface area contributed by atoms with Gasteiger partial charge in [-0.2, -0.15) is 11.8 Å². The summed E-state index contributed by atoms with van der Waals surface area (Å²) in [5.41, 5.74) is 6.20. The van der Waals surface area contributed by atoms with Gasteiger partial charge in [0.1, 0.15) is 0 Å².